The molecule has 1 fully saturated rings. The molecule has 0 bridgehead atoms. The summed E-state index contributed by atoms with van der Waals surface area (Å²) in [5.74, 6) is -0.0792. The van der Waals surface area contributed by atoms with Gasteiger partial charge in [0.2, 0.25) is 11.8 Å². The van der Waals surface area contributed by atoms with Gasteiger partial charge in [-0.3, -0.25) is 9.59 Å². The van der Waals surface area contributed by atoms with E-state index in [2.05, 4.69) is 10.6 Å². The number of hydrogen-bond donors (Lipinski definition) is 2. The maximum atomic E-state index is 12.4. The zero-order valence-corrected chi connectivity index (χ0v) is 14.8. The molecule has 5 nitrogen and oxygen atoms in total. The highest BCUT2D eigenvalue weighted by atomic mass is 16.2. The van der Waals surface area contributed by atoms with Crippen molar-refractivity contribution in [3.63, 3.8) is 0 Å². The van der Waals surface area contributed by atoms with Crippen LogP contribution in [-0.4, -0.2) is 35.8 Å². The second-order valence-corrected chi connectivity index (χ2v) is 6.42. The van der Waals surface area contributed by atoms with E-state index in [1.54, 1.807) is 12.2 Å². The Balaban J connectivity index is 1.52. The van der Waals surface area contributed by atoms with Gasteiger partial charge in [-0.25, -0.2) is 0 Å². The summed E-state index contributed by atoms with van der Waals surface area (Å²) in [5, 5.41) is 6.19. The smallest absolute Gasteiger partial charge is 0.246 e. The van der Waals surface area contributed by atoms with Crippen LogP contribution in [-0.2, 0) is 9.59 Å². The van der Waals surface area contributed by atoms with Gasteiger partial charge in [0, 0.05) is 43.5 Å². The molecule has 134 valence electrons. The highest BCUT2D eigenvalue weighted by Crippen LogP contribution is 2.16. The second kappa shape index (κ2) is 8.34. The molecular formula is C21H23N3O2. The van der Waals surface area contributed by atoms with Gasteiger partial charge in [0.1, 0.15) is 0 Å². The van der Waals surface area contributed by atoms with Gasteiger partial charge in [0.25, 0.3) is 0 Å². The minimum Gasteiger partial charge on any atom is -0.380 e. The highest BCUT2D eigenvalue weighted by Gasteiger charge is 2.24. The maximum absolute atomic E-state index is 12.4. The Morgan fingerprint density at radius 3 is 2.46 bits per heavy atom. The molecule has 0 aromatic heterocycles. The molecule has 2 aromatic rings. The highest BCUT2D eigenvalue weighted by molar-refractivity contribution is 5.92. The first-order valence-corrected chi connectivity index (χ1v) is 8.76. The molecule has 0 aliphatic carbocycles. The second-order valence-electron chi connectivity index (χ2n) is 6.42. The van der Waals surface area contributed by atoms with Crippen LogP contribution in [0.25, 0.3) is 6.08 Å². The number of amides is 2. The summed E-state index contributed by atoms with van der Waals surface area (Å²) in [6.07, 6.45) is 4.36. The molecule has 1 aliphatic heterocycles. The molecule has 0 saturated carbocycles. The van der Waals surface area contributed by atoms with Crippen molar-refractivity contribution in [1.29, 1.82) is 0 Å². The monoisotopic (exact) mass is 349 g/mol. The van der Waals surface area contributed by atoms with E-state index >= 15 is 0 Å². The molecule has 1 aliphatic rings. The molecule has 0 radical (unpaired) electrons. The zero-order chi connectivity index (χ0) is 18.4. The van der Waals surface area contributed by atoms with Crippen molar-refractivity contribution in [3.05, 3.63) is 66.2 Å². The fourth-order valence-corrected chi connectivity index (χ4v) is 3.00. The fraction of sp³-hybridized carbons (Fsp3) is 0.238. The Morgan fingerprint density at radius 2 is 1.77 bits per heavy atom. The predicted molar refractivity (Wildman–Crippen MR) is 105 cm³/mol. The quantitative estimate of drug-likeness (QED) is 0.814. The van der Waals surface area contributed by atoms with Gasteiger partial charge in [-0.1, -0.05) is 30.3 Å². The normalized spacial score (nSPS) is 16.7. The van der Waals surface area contributed by atoms with Crippen LogP contribution < -0.4 is 10.6 Å². The van der Waals surface area contributed by atoms with E-state index in [-0.39, 0.29) is 17.9 Å². The summed E-state index contributed by atoms with van der Waals surface area (Å²) in [6.45, 7) is 2.94. The number of nitrogens with one attached hydrogen (secondary N) is 2. The first kappa shape index (κ1) is 17.7. The maximum Gasteiger partial charge on any atom is 0.246 e. The van der Waals surface area contributed by atoms with Crippen LogP contribution in [0, 0.1) is 0 Å². The average Bonchev–Trinajstić information content (AvgIpc) is 3.10. The number of carbonyl (C=O) groups excluding carboxylic acids is 2. The van der Waals surface area contributed by atoms with Crippen LogP contribution in [0.15, 0.2) is 60.7 Å². The van der Waals surface area contributed by atoms with E-state index < -0.39 is 0 Å². The number of rotatable bonds is 5. The number of likely N-dealkylation sites (tertiary alicyclic amines) is 1. The molecule has 2 N–H and O–H groups in total. The number of hydrogen-bond acceptors (Lipinski definition) is 3. The van der Waals surface area contributed by atoms with E-state index in [9.17, 15) is 9.59 Å². The van der Waals surface area contributed by atoms with Crippen molar-refractivity contribution in [2.75, 3.05) is 23.7 Å². The van der Waals surface area contributed by atoms with Crippen LogP contribution in [0.4, 0.5) is 11.4 Å². The van der Waals surface area contributed by atoms with Crippen LogP contribution >= 0.6 is 0 Å². The Bertz CT molecular complexity index is 785. The Morgan fingerprint density at radius 1 is 1.04 bits per heavy atom. The van der Waals surface area contributed by atoms with Gasteiger partial charge in [0.05, 0.1) is 0 Å². The van der Waals surface area contributed by atoms with Gasteiger partial charge in [-0.15, -0.1) is 0 Å². The summed E-state index contributed by atoms with van der Waals surface area (Å²) < 4.78 is 0. The van der Waals surface area contributed by atoms with Crippen molar-refractivity contribution in [1.82, 2.24) is 4.90 Å². The first-order valence-electron chi connectivity index (χ1n) is 8.76. The lowest BCUT2D eigenvalue weighted by Gasteiger charge is -2.16. The van der Waals surface area contributed by atoms with Crippen molar-refractivity contribution in [3.8, 4) is 0 Å². The van der Waals surface area contributed by atoms with Gasteiger partial charge in [-0.2, -0.15) is 0 Å². The molecule has 1 atom stereocenters. The minimum absolute atomic E-state index is 0.0216. The standard InChI is InChI=1S/C21H23N3O2/c1-16(25)22-19-10-7-17(8-11-19)9-12-21(26)24-14-13-20(15-24)23-18-5-3-2-4-6-18/h2-12,20,23H,13-15H2,1H3,(H,22,25)/b12-9-/t20-/m1/s1. The molecule has 0 unspecified atom stereocenters. The lowest BCUT2D eigenvalue weighted by atomic mass is 10.2. The lowest BCUT2D eigenvalue weighted by molar-refractivity contribution is -0.125. The van der Waals surface area contributed by atoms with E-state index in [1.807, 2.05) is 59.5 Å². The number of para-hydroxylation sites is 1. The number of nitrogens with zero attached hydrogens (tertiary/aromatic N) is 1. The summed E-state index contributed by atoms with van der Waals surface area (Å²) in [5.41, 5.74) is 2.75. The van der Waals surface area contributed by atoms with Gasteiger partial charge >= 0.3 is 0 Å². The zero-order valence-electron chi connectivity index (χ0n) is 14.8. The fourth-order valence-electron chi connectivity index (χ4n) is 3.00. The number of benzene rings is 2. The number of carbonyl (C=O) groups is 2. The Kier molecular flexibility index (Phi) is 5.69. The third-order valence-corrected chi connectivity index (χ3v) is 4.29. The Hall–Kier alpha value is -3.08. The van der Waals surface area contributed by atoms with Crippen molar-refractivity contribution < 1.29 is 9.59 Å². The van der Waals surface area contributed by atoms with Gasteiger partial charge in [0.15, 0.2) is 0 Å². The SMILES string of the molecule is CC(=O)Nc1ccc(/C=C\C(=O)N2CC[C@@H](Nc3ccccc3)C2)cc1. The molecule has 2 aromatic carbocycles. The summed E-state index contributed by atoms with van der Waals surface area (Å²) in [4.78, 5) is 25.3. The van der Waals surface area contributed by atoms with E-state index in [0.717, 1.165) is 29.9 Å². The largest absolute Gasteiger partial charge is 0.380 e. The lowest BCUT2D eigenvalue weighted by Crippen LogP contribution is -2.30. The van der Waals surface area contributed by atoms with E-state index in [1.165, 1.54) is 6.92 Å². The molecule has 26 heavy (non-hydrogen) atoms. The summed E-state index contributed by atoms with van der Waals surface area (Å²) in [7, 11) is 0. The topological polar surface area (TPSA) is 61.4 Å². The summed E-state index contributed by atoms with van der Waals surface area (Å²) in [6, 6.07) is 17.7. The van der Waals surface area contributed by atoms with Crippen LogP contribution in [0.2, 0.25) is 0 Å². The van der Waals surface area contributed by atoms with Crippen molar-refractivity contribution in [2.24, 2.45) is 0 Å². The molecule has 3 rings (SSSR count). The number of anilines is 2. The third kappa shape index (κ3) is 4.96. The first-order chi connectivity index (χ1) is 12.6. The van der Waals surface area contributed by atoms with Crippen LogP contribution in [0.1, 0.15) is 18.9 Å². The summed E-state index contributed by atoms with van der Waals surface area (Å²) >= 11 is 0. The molecular weight excluding hydrogens is 326 g/mol. The Labute approximate surface area is 153 Å². The molecule has 1 heterocycles. The minimum atomic E-state index is -0.101. The van der Waals surface area contributed by atoms with Crippen molar-refractivity contribution >= 4 is 29.3 Å². The molecule has 5 heteroatoms. The van der Waals surface area contributed by atoms with Crippen molar-refractivity contribution in [2.45, 2.75) is 19.4 Å². The van der Waals surface area contributed by atoms with Gasteiger partial charge < -0.3 is 15.5 Å². The van der Waals surface area contributed by atoms with Crippen LogP contribution in [0.5, 0.6) is 0 Å². The third-order valence-electron chi connectivity index (χ3n) is 4.29. The molecule has 1 saturated heterocycles. The van der Waals surface area contributed by atoms with Crippen LogP contribution in [0.3, 0.4) is 0 Å². The van der Waals surface area contributed by atoms with Gasteiger partial charge in [-0.05, 0) is 42.3 Å². The average molecular weight is 349 g/mol. The van der Waals surface area contributed by atoms with E-state index in [4.69, 9.17) is 0 Å². The van der Waals surface area contributed by atoms with E-state index in [0.29, 0.717) is 6.54 Å². The molecule has 2 amide bonds. The molecule has 0 spiro atoms. The predicted octanol–water partition coefficient (Wildman–Crippen LogP) is 3.37.